The number of hydrogen-bond donors (Lipinski definition) is 1. The molecular weight excluding hydrogens is 300 g/mol. The second-order valence-electron chi connectivity index (χ2n) is 7.78. The maximum atomic E-state index is 12.2. The average Bonchev–Trinajstić information content (AvgIpc) is 3.00. The minimum Gasteiger partial charge on any atom is -0.494 e. The van der Waals surface area contributed by atoms with E-state index in [1.54, 1.807) is 0 Å². The summed E-state index contributed by atoms with van der Waals surface area (Å²) in [7, 11) is 1.97. The number of nitrogens with zero attached hydrogens (tertiary/aromatic N) is 1. The number of likely N-dealkylation sites (tertiary alicyclic amines) is 1. The van der Waals surface area contributed by atoms with Gasteiger partial charge in [0, 0.05) is 19.5 Å². The monoisotopic (exact) mass is 332 g/mol. The molecule has 0 aliphatic carbocycles. The Hall–Kier alpha value is -1.55. The van der Waals surface area contributed by atoms with E-state index in [1.807, 2.05) is 24.1 Å². The van der Waals surface area contributed by atoms with Crippen molar-refractivity contribution in [1.82, 2.24) is 10.2 Å². The molecule has 4 nitrogen and oxygen atoms in total. The molecule has 0 radical (unpaired) electrons. The standard InChI is InChI=1S/C20H32N2O2/c1-20(2,3)17-7-9-18(10-8-17)24-13-5-6-19(23)22-12-11-16(15-22)14-21-4/h7-10,16,21H,5-6,11-15H2,1-4H3. The van der Waals surface area contributed by atoms with Crippen molar-refractivity contribution in [2.24, 2.45) is 5.92 Å². The van der Waals surface area contributed by atoms with Crippen LogP contribution >= 0.6 is 0 Å². The highest BCUT2D eigenvalue weighted by Crippen LogP contribution is 2.24. The van der Waals surface area contributed by atoms with E-state index in [0.717, 1.165) is 38.2 Å². The molecule has 134 valence electrons. The van der Waals surface area contributed by atoms with Gasteiger partial charge in [-0.1, -0.05) is 32.9 Å². The molecule has 1 saturated heterocycles. The topological polar surface area (TPSA) is 41.6 Å². The lowest BCUT2D eigenvalue weighted by molar-refractivity contribution is -0.130. The molecule has 1 amide bonds. The molecule has 24 heavy (non-hydrogen) atoms. The second-order valence-corrected chi connectivity index (χ2v) is 7.78. The summed E-state index contributed by atoms with van der Waals surface area (Å²) in [6.07, 6.45) is 2.46. The molecule has 1 unspecified atom stereocenters. The van der Waals surface area contributed by atoms with Crippen molar-refractivity contribution >= 4 is 5.91 Å². The van der Waals surface area contributed by atoms with E-state index < -0.39 is 0 Å². The first-order chi connectivity index (χ1) is 11.4. The smallest absolute Gasteiger partial charge is 0.222 e. The third-order valence-corrected chi connectivity index (χ3v) is 4.66. The molecule has 1 atom stereocenters. The summed E-state index contributed by atoms with van der Waals surface area (Å²) in [5.74, 6) is 1.75. The molecule has 4 heteroatoms. The van der Waals surface area contributed by atoms with E-state index in [9.17, 15) is 4.79 Å². The molecule has 2 rings (SSSR count). The zero-order valence-electron chi connectivity index (χ0n) is 15.6. The van der Waals surface area contributed by atoms with Gasteiger partial charge in [-0.25, -0.2) is 0 Å². The van der Waals surface area contributed by atoms with E-state index in [4.69, 9.17) is 4.74 Å². The molecule has 1 aromatic carbocycles. The van der Waals surface area contributed by atoms with Crippen molar-refractivity contribution in [2.75, 3.05) is 33.3 Å². The van der Waals surface area contributed by atoms with E-state index in [2.05, 4.69) is 38.2 Å². The predicted molar refractivity (Wildman–Crippen MR) is 98.5 cm³/mol. The molecule has 0 bridgehead atoms. The van der Waals surface area contributed by atoms with Gasteiger partial charge >= 0.3 is 0 Å². The SMILES string of the molecule is CNCC1CCN(C(=O)CCCOc2ccc(C(C)(C)C)cc2)C1. The van der Waals surface area contributed by atoms with Gasteiger partial charge in [0.05, 0.1) is 6.61 Å². The minimum atomic E-state index is 0.159. The number of rotatable bonds is 7. The number of carbonyl (C=O) groups excluding carboxylic acids is 1. The van der Waals surface area contributed by atoms with Crippen LogP contribution in [0, 0.1) is 5.92 Å². The fraction of sp³-hybridized carbons (Fsp3) is 0.650. The summed E-state index contributed by atoms with van der Waals surface area (Å²) in [6, 6.07) is 8.27. The first-order valence-corrected chi connectivity index (χ1v) is 9.06. The first kappa shape index (κ1) is 18.8. The van der Waals surface area contributed by atoms with E-state index in [-0.39, 0.29) is 11.3 Å². The second kappa shape index (κ2) is 8.52. The molecular formula is C20H32N2O2. The highest BCUT2D eigenvalue weighted by molar-refractivity contribution is 5.76. The number of hydrogen-bond acceptors (Lipinski definition) is 3. The van der Waals surface area contributed by atoms with E-state index in [0.29, 0.717) is 18.9 Å². The maximum absolute atomic E-state index is 12.2. The minimum absolute atomic E-state index is 0.159. The van der Waals surface area contributed by atoms with Crippen molar-refractivity contribution in [3.8, 4) is 5.75 Å². The van der Waals surface area contributed by atoms with Gasteiger partial charge in [0.2, 0.25) is 5.91 Å². The van der Waals surface area contributed by atoms with Crippen LogP contribution < -0.4 is 10.1 Å². The Morgan fingerprint density at radius 2 is 2.00 bits per heavy atom. The first-order valence-electron chi connectivity index (χ1n) is 9.06. The molecule has 0 aromatic heterocycles. The fourth-order valence-electron chi connectivity index (χ4n) is 3.14. The Balaban J connectivity index is 1.67. The van der Waals surface area contributed by atoms with Crippen molar-refractivity contribution in [3.05, 3.63) is 29.8 Å². The summed E-state index contributed by atoms with van der Waals surface area (Å²) < 4.78 is 5.77. The van der Waals surface area contributed by atoms with Crippen LogP contribution in [0.2, 0.25) is 0 Å². The molecule has 1 fully saturated rings. The van der Waals surface area contributed by atoms with Gasteiger partial charge < -0.3 is 15.0 Å². The molecule has 1 aliphatic rings. The van der Waals surface area contributed by atoms with Crippen LogP contribution in [0.4, 0.5) is 0 Å². The van der Waals surface area contributed by atoms with Gasteiger partial charge in [0.25, 0.3) is 0 Å². The Morgan fingerprint density at radius 3 is 2.62 bits per heavy atom. The summed E-state index contributed by atoms with van der Waals surface area (Å²) in [5.41, 5.74) is 1.46. The molecule has 1 N–H and O–H groups in total. The van der Waals surface area contributed by atoms with Crippen LogP contribution in [0.1, 0.15) is 45.6 Å². The molecule has 0 saturated carbocycles. The van der Waals surface area contributed by atoms with Crippen LogP contribution in [-0.4, -0.2) is 44.1 Å². The van der Waals surface area contributed by atoms with Crippen LogP contribution in [-0.2, 0) is 10.2 Å². The number of amides is 1. The summed E-state index contributed by atoms with van der Waals surface area (Å²) in [4.78, 5) is 14.2. The quantitative estimate of drug-likeness (QED) is 0.780. The third kappa shape index (κ3) is 5.52. The Bertz CT molecular complexity index is 519. The zero-order chi connectivity index (χ0) is 17.6. The lowest BCUT2D eigenvalue weighted by Crippen LogP contribution is -2.30. The van der Waals surface area contributed by atoms with Crippen LogP contribution in [0.5, 0.6) is 5.75 Å². The summed E-state index contributed by atoms with van der Waals surface area (Å²) >= 11 is 0. The average molecular weight is 332 g/mol. The summed E-state index contributed by atoms with van der Waals surface area (Å²) in [5, 5.41) is 3.19. The van der Waals surface area contributed by atoms with Gasteiger partial charge in [0.1, 0.15) is 5.75 Å². The van der Waals surface area contributed by atoms with Gasteiger partial charge in [0.15, 0.2) is 0 Å². The van der Waals surface area contributed by atoms with Crippen molar-refractivity contribution < 1.29 is 9.53 Å². The lowest BCUT2D eigenvalue weighted by Gasteiger charge is -2.19. The van der Waals surface area contributed by atoms with Crippen LogP contribution in [0.15, 0.2) is 24.3 Å². The Morgan fingerprint density at radius 1 is 1.29 bits per heavy atom. The largest absolute Gasteiger partial charge is 0.494 e. The van der Waals surface area contributed by atoms with Gasteiger partial charge in [-0.2, -0.15) is 0 Å². The van der Waals surface area contributed by atoms with E-state index in [1.165, 1.54) is 5.56 Å². The molecule has 1 aliphatic heterocycles. The lowest BCUT2D eigenvalue weighted by atomic mass is 9.87. The normalized spacial score (nSPS) is 18.0. The van der Waals surface area contributed by atoms with Crippen LogP contribution in [0.3, 0.4) is 0 Å². The number of nitrogens with one attached hydrogen (secondary N) is 1. The Kier molecular flexibility index (Phi) is 6.67. The molecule has 1 heterocycles. The molecule has 0 spiro atoms. The highest BCUT2D eigenvalue weighted by atomic mass is 16.5. The highest BCUT2D eigenvalue weighted by Gasteiger charge is 2.25. The maximum Gasteiger partial charge on any atom is 0.222 e. The van der Waals surface area contributed by atoms with Crippen LogP contribution in [0.25, 0.3) is 0 Å². The van der Waals surface area contributed by atoms with Crippen molar-refractivity contribution in [3.63, 3.8) is 0 Å². The number of benzene rings is 1. The van der Waals surface area contributed by atoms with Gasteiger partial charge in [-0.05, 0) is 55.5 Å². The molecule has 1 aromatic rings. The zero-order valence-corrected chi connectivity index (χ0v) is 15.6. The Labute approximate surface area is 146 Å². The predicted octanol–water partition coefficient (Wildman–Crippen LogP) is 3.21. The van der Waals surface area contributed by atoms with Crippen molar-refractivity contribution in [2.45, 2.75) is 45.4 Å². The van der Waals surface area contributed by atoms with Gasteiger partial charge in [-0.3, -0.25) is 4.79 Å². The number of ether oxygens (including phenoxy) is 1. The number of carbonyl (C=O) groups is 1. The van der Waals surface area contributed by atoms with Crippen molar-refractivity contribution in [1.29, 1.82) is 0 Å². The fourth-order valence-corrected chi connectivity index (χ4v) is 3.14. The van der Waals surface area contributed by atoms with E-state index >= 15 is 0 Å². The third-order valence-electron chi connectivity index (χ3n) is 4.66. The summed E-state index contributed by atoms with van der Waals surface area (Å²) in [6.45, 7) is 10.00. The van der Waals surface area contributed by atoms with Gasteiger partial charge in [-0.15, -0.1) is 0 Å².